The van der Waals surface area contributed by atoms with Gasteiger partial charge in [-0.15, -0.1) is 0 Å². The van der Waals surface area contributed by atoms with Gasteiger partial charge in [-0.05, 0) is 17.7 Å². The third-order valence-electron chi connectivity index (χ3n) is 1.95. The topological polar surface area (TPSA) is 76.2 Å². The van der Waals surface area contributed by atoms with Gasteiger partial charge in [0.1, 0.15) is 0 Å². The minimum absolute atomic E-state index is 0.0233. The lowest BCUT2D eigenvalue weighted by Gasteiger charge is -1.98. The molecular formula is C10H7ClN2O2S. The number of halogens is 1. The molecule has 0 aliphatic carbocycles. The first kappa shape index (κ1) is 10.9. The van der Waals surface area contributed by atoms with Crippen LogP contribution in [0.4, 0.5) is 5.13 Å². The van der Waals surface area contributed by atoms with Gasteiger partial charge in [0.15, 0.2) is 10.8 Å². The van der Waals surface area contributed by atoms with E-state index in [0.717, 1.165) is 16.9 Å². The van der Waals surface area contributed by atoms with Crippen LogP contribution in [0.5, 0.6) is 0 Å². The fourth-order valence-corrected chi connectivity index (χ4v) is 2.23. The number of hydrogen-bond acceptors (Lipinski definition) is 4. The lowest BCUT2D eigenvalue weighted by molar-refractivity contribution is 0.0692. The summed E-state index contributed by atoms with van der Waals surface area (Å²) < 4.78 is 0. The predicted octanol–water partition coefficient (Wildman–Crippen LogP) is 2.74. The molecule has 6 heteroatoms. The lowest BCUT2D eigenvalue weighted by atomic mass is 10.1. The number of carboxylic acids is 1. The molecule has 0 unspecified atom stereocenters. The van der Waals surface area contributed by atoms with Crippen LogP contribution in [-0.2, 0) is 0 Å². The van der Waals surface area contributed by atoms with Gasteiger partial charge in [-0.25, -0.2) is 9.78 Å². The molecule has 0 aliphatic heterocycles. The van der Waals surface area contributed by atoms with Crippen molar-refractivity contribution in [1.29, 1.82) is 0 Å². The SMILES string of the molecule is Nc1nc(C(=O)O)c(-c2ccc(Cl)cc2)s1. The van der Waals surface area contributed by atoms with Crippen LogP contribution in [0.1, 0.15) is 10.5 Å². The van der Waals surface area contributed by atoms with E-state index in [1.54, 1.807) is 24.3 Å². The average molecular weight is 255 g/mol. The zero-order valence-corrected chi connectivity index (χ0v) is 9.55. The summed E-state index contributed by atoms with van der Waals surface area (Å²) in [6.45, 7) is 0. The second-order valence-electron chi connectivity index (χ2n) is 3.04. The highest BCUT2D eigenvalue weighted by molar-refractivity contribution is 7.19. The number of nitrogens with zero attached hydrogens (tertiary/aromatic N) is 1. The molecule has 1 aromatic heterocycles. The minimum atomic E-state index is -1.09. The average Bonchev–Trinajstić information content (AvgIpc) is 2.61. The van der Waals surface area contributed by atoms with Crippen LogP contribution in [0.3, 0.4) is 0 Å². The molecule has 2 aromatic rings. The van der Waals surface area contributed by atoms with Gasteiger partial charge in [-0.3, -0.25) is 0 Å². The van der Waals surface area contributed by atoms with Crippen molar-refractivity contribution in [2.75, 3.05) is 5.73 Å². The number of carboxylic acid groups (broad SMARTS) is 1. The third-order valence-corrected chi connectivity index (χ3v) is 3.14. The van der Waals surface area contributed by atoms with Crippen molar-refractivity contribution in [3.05, 3.63) is 35.0 Å². The van der Waals surface area contributed by atoms with E-state index in [9.17, 15) is 4.79 Å². The normalized spacial score (nSPS) is 10.3. The van der Waals surface area contributed by atoms with E-state index in [1.165, 1.54) is 0 Å². The van der Waals surface area contributed by atoms with E-state index in [-0.39, 0.29) is 10.8 Å². The van der Waals surface area contributed by atoms with Gasteiger partial charge in [0.25, 0.3) is 0 Å². The molecule has 3 N–H and O–H groups in total. The van der Waals surface area contributed by atoms with E-state index >= 15 is 0 Å². The first-order valence-electron chi connectivity index (χ1n) is 4.33. The van der Waals surface area contributed by atoms with Crippen LogP contribution in [0, 0.1) is 0 Å². The number of hydrogen-bond donors (Lipinski definition) is 2. The minimum Gasteiger partial charge on any atom is -0.476 e. The standard InChI is InChI=1S/C10H7ClN2O2S/c11-6-3-1-5(2-4-6)8-7(9(14)15)13-10(12)16-8/h1-4H,(H2,12,13)(H,14,15). The number of benzene rings is 1. The molecule has 0 spiro atoms. The number of thiazole rings is 1. The van der Waals surface area contributed by atoms with Crippen LogP contribution in [0.2, 0.25) is 5.02 Å². The van der Waals surface area contributed by atoms with Gasteiger partial charge in [0, 0.05) is 5.02 Å². The molecule has 0 aliphatic rings. The largest absolute Gasteiger partial charge is 0.476 e. The van der Waals surface area contributed by atoms with E-state index in [2.05, 4.69) is 4.98 Å². The van der Waals surface area contributed by atoms with Gasteiger partial charge in [0.05, 0.1) is 4.88 Å². The quantitative estimate of drug-likeness (QED) is 0.864. The van der Waals surface area contributed by atoms with Crippen molar-refractivity contribution in [3.63, 3.8) is 0 Å². The van der Waals surface area contributed by atoms with Gasteiger partial charge in [-0.1, -0.05) is 35.1 Å². The fourth-order valence-electron chi connectivity index (χ4n) is 1.28. The molecule has 0 atom stereocenters. The zero-order valence-electron chi connectivity index (χ0n) is 7.98. The predicted molar refractivity (Wildman–Crippen MR) is 63.9 cm³/mol. The van der Waals surface area contributed by atoms with Crippen LogP contribution in [0.15, 0.2) is 24.3 Å². The molecule has 1 heterocycles. The van der Waals surface area contributed by atoms with E-state index in [0.29, 0.717) is 9.90 Å². The zero-order chi connectivity index (χ0) is 11.7. The number of anilines is 1. The molecule has 82 valence electrons. The Balaban J connectivity index is 2.55. The maximum atomic E-state index is 10.9. The van der Waals surface area contributed by atoms with Crippen molar-refractivity contribution in [1.82, 2.24) is 4.98 Å². The summed E-state index contributed by atoms with van der Waals surface area (Å²) in [6.07, 6.45) is 0. The van der Waals surface area contributed by atoms with Crippen LogP contribution >= 0.6 is 22.9 Å². The van der Waals surface area contributed by atoms with Gasteiger partial charge < -0.3 is 10.8 Å². The van der Waals surface area contributed by atoms with Gasteiger partial charge in [0.2, 0.25) is 0 Å². The summed E-state index contributed by atoms with van der Waals surface area (Å²) in [4.78, 5) is 15.3. The number of carbonyl (C=O) groups is 1. The number of aromatic nitrogens is 1. The van der Waals surface area contributed by atoms with Crippen molar-refractivity contribution < 1.29 is 9.90 Å². The van der Waals surface area contributed by atoms with Crippen LogP contribution < -0.4 is 5.73 Å². The molecule has 0 fully saturated rings. The van der Waals surface area contributed by atoms with Crippen molar-refractivity contribution >= 4 is 34.0 Å². The second-order valence-corrected chi connectivity index (χ2v) is 4.51. The van der Waals surface area contributed by atoms with Crippen molar-refractivity contribution in [3.8, 4) is 10.4 Å². The van der Waals surface area contributed by atoms with Crippen LogP contribution in [-0.4, -0.2) is 16.1 Å². The highest BCUT2D eigenvalue weighted by Crippen LogP contribution is 2.32. The summed E-state index contributed by atoms with van der Waals surface area (Å²) >= 11 is 6.90. The Hall–Kier alpha value is -1.59. The molecule has 0 saturated heterocycles. The number of nitrogens with two attached hydrogens (primary N) is 1. The molecule has 2 rings (SSSR count). The number of aromatic carboxylic acids is 1. The number of rotatable bonds is 2. The van der Waals surface area contributed by atoms with E-state index in [1.807, 2.05) is 0 Å². The summed E-state index contributed by atoms with van der Waals surface area (Å²) in [7, 11) is 0. The van der Waals surface area contributed by atoms with Gasteiger partial charge in [-0.2, -0.15) is 0 Å². The Morgan fingerprint density at radius 2 is 2.00 bits per heavy atom. The molecule has 0 amide bonds. The Kier molecular flexibility index (Phi) is 2.80. The summed E-state index contributed by atoms with van der Waals surface area (Å²) in [5.41, 5.74) is 6.23. The molecular weight excluding hydrogens is 248 g/mol. The maximum Gasteiger partial charge on any atom is 0.356 e. The molecule has 0 saturated carbocycles. The van der Waals surface area contributed by atoms with Gasteiger partial charge >= 0.3 is 5.97 Å². The van der Waals surface area contributed by atoms with Crippen molar-refractivity contribution in [2.24, 2.45) is 0 Å². The third kappa shape index (κ3) is 2.00. The maximum absolute atomic E-state index is 10.9. The molecule has 0 radical (unpaired) electrons. The highest BCUT2D eigenvalue weighted by Gasteiger charge is 2.17. The smallest absolute Gasteiger partial charge is 0.356 e. The monoisotopic (exact) mass is 254 g/mol. The second kappa shape index (κ2) is 4.11. The van der Waals surface area contributed by atoms with E-state index < -0.39 is 5.97 Å². The Morgan fingerprint density at radius 3 is 2.56 bits per heavy atom. The molecule has 0 bridgehead atoms. The van der Waals surface area contributed by atoms with E-state index in [4.69, 9.17) is 22.4 Å². The summed E-state index contributed by atoms with van der Waals surface area (Å²) in [5, 5.41) is 9.79. The highest BCUT2D eigenvalue weighted by atomic mass is 35.5. The fraction of sp³-hybridized carbons (Fsp3) is 0. The number of nitrogen functional groups attached to an aromatic ring is 1. The first-order chi connectivity index (χ1) is 7.58. The molecule has 4 nitrogen and oxygen atoms in total. The first-order valence-corrected chi connectivity index (χ1v) is 5.53. The molecule has 1 aromatic carbocycles. The summed E-state index contributed by atoms with van der Waals surface area (Å²) in [5.74, 6) is -1.09. The Morgan fingerprint density at radius 1 is 1.38 bits per heavy atom. The van der Waals surface area contributed by atoms with Crippen molar-refractivity contribution in [2.45, 2.75) is 0 Å². The molecule has 16 heavy (non-hydrogen) atoms. The lowest BCUT2D eigenvalue weighted by Crippen LogP contribution is -1.99. The summed E-state index contributed by atoms with van der Waals surface area (Å²) in [6, 6.07) is 6.86. The van der Waals surface area contributed by atoms with Crippen LogP contribution in [0.25, 0.3) is 10.4 Å². The Labute approximate surface area is 100 Å². The Bertz CT molecular complexity index is 536.